The highest BCUT2D eigenvalue weighted by molar-refractivity contribution is 5.95. The van der Waals surface area contributed by atoms with E-state index < -0.39 is 5.82 Å². The number of halogens is 1. The van der Waals surface area contributed by atoms with E-state index in [1.54, 1.807) is 30.9 Å². The quantitative estimate of drug-likeness (QED) is 0.717. The molecule has 4 nitrogen and oxygen atoms in total. The van der Waals surface area contributed by atoms with Crippen molar-refractivity contribution in [1.82, 2.24) is 14.8 Å². The van der Waals surface area contributed by atoms with Crippen molar-refractivity contribution in [2.24, 2.45) is 0 Å². The van der Waals surface area contributed by atoms with Gasteiger partial charge in [0.2, 0.25) is 0 Å². The van der Waals surface area contributed by atoms with E-state index in [1.165, 1.54) is 22.9 Å². The maximum Gasteiger partial charge on any atom is 0.278 e. The molecule has 0 saturated heterocycles. The minimum Gasteiger partial charge on any atom is -0.267 e. The molecule has 98 valence electrons. The molecule has 2 heterocycles. The molecule has 0 aliphatic carbocycles. The molecule has 0 amide bonds. The number of hydrogen-bond donors (Lipinski definition) is 0. The molecule has 0 bridgehead atoms. The van der Waals surface area contributed by atoms with Gasteiger partial charge in [-0.15, -0.1) is 0 Å². The van der Waals surface area contributed by atoms with Crippen LogP contribution in [0, 0.1) is 5.82 Å². The smallest absolute Gasteiger partial charge is 0.267 e. The Hall–Kier alpha value is -2.82. The summed E-state index contributed by atoms with van der Waals surface area (Å²) in [6.45, 7) is 0. The van der Waals surface area contributed by atoms with Crippen molar-refractivity contribution in [3.63, 3.8) is 0 Å². The highest BCUT2D eigenvalue weighted by atomic mass is 19.1. The van der Waals surface area contributed by atoms with E-state index in [0.29, 0.717) is 0 Å². The lowest BCUT2D eigenvalue weighted by Crippen LogP contribution is -2.12. The maximum atomic E-state index is 13.1. The van der Waals surface area contributed by atoms with Crippen LogP contribution in [0.5, 0.6) is 0 Å². The van der Waals surface area contributed by atoms with E-state index in [-0.39, 0.29) is 11.5 Å². The van der Waals surface area contributed by atoms with Gasteiger partial charge in [0, 0.05) is 29.7 Å². The maximum absolute atomic E-state index is 13.1. The average Bonchev–Trinajstić information content (AvgIpc) is 2.97. The number of carbonyl (C=O) groups excluding carboxylic acids is 1. The SMILES string of the molecule is O=C(c1cccc(F)c1)n1cc(-c2ccncc2)cn1. The molecule has 0 spiro atoms. The van der Waals surface area contributed by atoms with Crippen LogP contribution in [0.15, 0.2) is 61.2 Å². The Bertz CT molecular complexity index is 753. The van der Waals surface area contributed by atoms with Gasteiger partial charge in [-0.2, -0.15) is 5.10 Å². The van der Waals surface area contributed by atoms with E-state index >= 15 is 0 Å². The van der Waals surface area contributed by atoms with E-state index in [9.17, 15) is 9.18 Å². The van der Waals surface area contributed by atoms with Gasteiger partial charge in [-0.3, -0.25) is 9.78 Å². The lowest BCUT2D eigenvalue weighted by atomic mass is 10.1. The Morgan fingerprint density at radius 3 is 2.65 bits per heavy atom. The number of carbonyl (C=O) groups is 1. The Morgan fingerprint density at radius 1 is 1.10 bits per heavy atom. The van der Waals surface area contributed by atoms with Gasteiger partial charge in [-0.1, -0.05) is 6.07 Å². The highest BCUT2D eigenvalue weighted by Crippen LogP contribution is 2.17. The molecule has 2 aromatic heterocycles. The number of rotatable bonds is 2. The van der Waals surface area contributed by atoms with Crippen molar-refractivity contribution in [3.8, 4) is 11.1 Å². The Morgan fingerprint density at radius 2 is 1.90 bits per heavy atom. The summed E-state index contributed by atoms with van der Waals surface area (Å²) in [7, 11) is 0. The van der Waals surface area contributed by atoms with Gasteiger partial charge in [0.25, 0.3) is 5.91 Å². The van der Waals surface area contributed by atoms with Crippen LogP contribution in [0.1, 0.15) is 10.4 Å². The summed E-state index contributed by atoms with van der Waals surface area (Å²) in [5.74, 6) is -0.817. The lowest BCUT2D eigenvalue weighted by Gasteiger charge is -2.00. The molecular weight excluding hydrogens is 257 g/mol. The largest absolute Gasteiger partial charge is 0.278 e. The van der Waals surface area contributed by atoms with Gasteiger partial charge in [-0.25, -0.2) is 9.07 Å². The average molecular weight is 267 g/mol. The molecule has 0 aliphatic heterocycles. The van der Waals surface area contributed by atoms with Crippen molar-refractivity contribution < 1.29 is 9.18 Å². The molecule has 5 heteroatoms. The highest BCUT2D eigenvalue weighted by Gasteiger charge is 2.11. The van der Waals surface area contributed by atoms with Crippen molar-refractivity contribution in [1.29, 1.82) is 0 Å². The normalized spacial score (nSPS) is 10.4. The van der Waals surface area contributed by atoms with Gasteiger partial charge in [0.05, 0.1) is 6.20 Å². The molecule has 0 N–H and O–H groups in total. The van der Waals surface area contributed by atoms with Crippen LogP contribution < -0.4 is 0 Å². The molecule has 1 aromatic carbocycles. The van der Waals surface area contributed by atoms with Crippen molar-refractivity contribution >= 4 is 5.91 Å². The van der Waals surface area contributed by atoms with Gasteiger partial charge in [-0.05, 0) is 35.9 Å². The standard InChI is InChI=1S/C15H10FN3O/c16-14-3-1-2-12(8-14)15(20)19-10-13(9-18-19)11-4-6-17-7-5-11/h1-10H. The molecule has 0 saturated carbocycles. The minimum absolute atomic E-state index is 0.259. The summed E-state index contributed by atoms with van der Waals surface area (Å²) < 4.78 is 14.3. The summed E-state index contributed by atoms with van der Waals surface area (Å²) in [4.78, 5) is 16.1. The Kier molecular flexibility index (Phi) is 3.09. The van der Waals surface area contributed by atoms with Crippen LogP contribution in [0.4, 0.5) is 4.39 Å². The zero-order valence-electron chi connectivity index (χ0n) is 10.4. The first-order chi connectivity index (χ1) is 9.74. The number of aromatic nitrogens is 3. The molecule has 0 radical (unpaired) electrons. The number of nitrogens with zero attached hydrogens (tertiary/aromatic N) is 3. The fraction of sp³-hybridized carbons (Fsp3) is 0. The number of pyridine rings is 1. The van der Waals surface area contributed by atoms with E-state index in [1.807, 2.05) is 12.1 Å². The van der Waals surface area contributed by atoms with Crippen molar-refractivity contribution in [2.45, 2.75) is 0 Å². The van der Waals surface area contributed by atoms with Crippen molar-refractivity contribution in [2.75, 3.05) is 0 Å². The lowest BCUT2D eigenvalue weighted by molar-refractivity contribution is 0.0944. The minimum atomic E-state index is -0.447. The Balaban J connectivity index is 1.93. The van der Waals surface area contributed by atoms with E-state index in [4.69, 9.17) is 0 Å². The number of hydrogen-bond acceptors (Lipinski definition) is 3. The fourth-order valence-electron chi connectivity index (χ4n) is 1.88. The molecule has 3 rings (SSSR count). The van der Waals surface area contributed by atoms with Crippen LogP contribution in [0.25, 0.3) is 11.1 Å². The zero-order chi connectivity index (χ0) is 13.9. The predicted molar refractivity (Wildman–Crippen MR) is 71.6 cm³/mol. The number of benzene rings is 1. The van der Waals surface area contributed by atoms with Crippen molar-refractivity contribution in [3.05, 3.63) is 72.6 Å². The fourth-order valence-corrected chi connectivity index (χ4v) is 1.88. The molecule has 0 fully saturated rings. The first-order valence-corrected chi connectivity index (χ1v) is 5.99. The third-order valence-corrected chi connectivity index (χ3v) is 2.88. The van der Waals surface area contributed by atoms with Gasteiger partial charge < -0.3 is 0 Å². The molecule has 20 heavy (non-hydrogen) atoms. The van der Waals surface area contributed by atoms with Gasteiger partial charge >= 0.3 is 0 Å². The Labute approximate surface area is 114 Å². The topological polar surface area (TPSA) is 47.8 Å². The summed E-state index contributed by atoms with van der Waals surface area (Å²) in [5, 5.41) is 4.02. The van der Waals surface area contributed by atoms with Crippen LogP contribution in [0.2, 0.25) is 0 Å². The summed E-state index contributed by atoms with van der Waals surface area (Å²) >= 11 is 0. The van der Waals surface area contributed by atoms with Gasteiger partial charge in [0.15, 0.2) is 0 Å². The zero-order valence-corrected chi connectivity index (χ0v) is 10.4. The third-order valence-electron chi connectivity index (χ3n) is 2.88. The van der Waals surface area contributed by atoms with Gasteiger partial charge in [0.1, 0.15) is 5.82 Å². The van der Waals surface area contributed by atoms with E-state index in [0.717, 1.165) is 11.1 Å². The van der Waals surface area contributed by atoms with E-state index in [2.05, 4.69) is 10.1 Å². The first-order valence-electron chi connectivity index (χ1n) is 5.99. The monoisotopic (exact) mass is 267 g/mol. The summed E-state index contributed by atoms with van der Waals surface area (Å²) in [5.41, 5.74) is 1.98. The summed E-state index contributed by atoms with van der Waals surface area (Å²) in [6.07, 6.45) is 6.54. The second kappa shape index (κ2) is 5.05. The second-order valence-corrected chi connectivity index (χ2v) is 4.22. The van der Waals surface area contributed by atoms with Crippen LogP contribution >= 0.6 is 0 Å². The molecule has 3 aromatic rings. The summed E-state index contributed by atoms with van der Waals surface area (Å²) in [6, 6.07) is 9.19. The van der Waals surface area contributed by atoms with Crippen LogP contribution in [-0.2, 0) is 0 Å². The third kappa shape index (κ3) is 2.33. The molecule has 0 unspecified atom stereocenters. The van der Waals surface area contributed by atoms with Crippen LogP contribution in [0.3, 0.4) is 0 Å². The molecular formula is C15H10FN3O. The van der Waals surface area contributed by atoms with Crippen LogP contribution in [-0.4, -0.2) is 20.7 Å². The molecule has 0 atom stereocenters. The predicted octanol–water partition coefficient (Wildman–Crippen LogP) is 2.77. The second-order valence-electron chi connectivity index (χ2n) is 4.22. The molecule has 0 aliphatic rings. The first kappa shape index (κ1) is 12.2.